The van der Waals surface area contributed by atoms with Crippen molar-refractivity contribution in [1.82, 2.24) is 0 Å². The highest BCUT2D eigenvalue weighted by molar-refractivity contribution is 6.30. The van der Waals surface area contributed by atoms with Crippen molar-refractivity contribution in [2.75, 3.05) is 0 Å². The van der Waals surface area contributed by atoms with Crippen LogP contribution in [-0.4, -0.2) is 0 Å². The van der Waals surface area contributed by atoms with Gasteiger partial charge in [-0.2, -0.15) is 0 Å². The van der Waals surface area contributed by atoms with Crippen molar-refractivity contribution in [1.29, 1.82) is 0 Å². The number of fused-ring (bicyclic) bond motifs is 1. The Hall–Kier alpha value is -2.04. The molecule has 2 aliphatic rings. The summed E-state index contributed by atoms with van der Waals surface area (Å²) in [4.78, 5) is 0. The zero-order valence-electron chi connectivity index (χ0n) is 17.5. The van der Waals surface area contributed by atoms with E-state index in [-0.39, 0.29) is 5.02 Å². The lowest BCUT2D eigenvalue weighted by atomic mass is 9.63. The molecule has 0 aromatic heterocycles. The fourth-order valence-electron chi connectivity index (χ4n) is 5.46. The van der Waals surface area contributed by atoms with Gasteiger partial charge in [0.15, 0.2) is 0 Å². The maximum absolute atomic E-state index is 13.6. The first-order valence-corrected chi connectivity index (χ1v) is 11.7. The number of hydrogen-bond donors (Lipinski definition) is 0. The number of halogens is 2. The zero-order valence-corrected chi connectivity index (χ0v) is 18.3. The SMILES string of the molecule is C=CCCC1CCC2CC(c3ccc(C#Cc4ccc(Cl)c(F)c4)cc3)CCC2C1. The lowest BCUT2D eigenvalue weighted by Crippen LogP contribution is -2.30. The quantitative estimate of drug-likeness (QED) is 0.345. The van der Waals surface area contributed by atoms with Crippen molar-refractivity contribution >= 4 is 11.6 Å². The van der Waals surface area contributed by atoms with Gasteiger partial charge in [0.05, 0.1) is 5.02 Å². The highest BCUT2D eigenvalue weighted by atomic mass is 35.5. The molecule has 0 aliphatic heterocycles. The van der Waals surface area contributed by atoms with E-state index in [1.807, 2.05) is 0 Å². The van der Waals surface area contributed by atoms with Gasteiger partial charge in [-0.3, -0.25) is 0 Å². The largest absolute Gasteiger partial charge is 0.205 e. The molecule has 156 valence electrons. The van der Waals surface area contributed by atoms with Crippen molar-refractivity contribution in [3.63, 3.8) is 0 Å². The number of benzene rings is 2. The van der Waals surface area contributed by atoms with Gasteiger partial charge in [0.25, 0.3) is 0 Å². The Morgan fingerprint density at radius 3 is 2.40 bits per heavy atom. The molecular formula is C28H30ClF. The maximum atomic E-state index is 13.6. The Labute approximate surface area is 185 Å². The average Bonchev–Trinajstić information content (AvgIpc) is 2.78. The Morgan fingerprint density at radius 2 is 1.63 bits per heavy atom. The van der Waals surface area contributed by atoms with E-state index in [9.17, 15) is 4.39 Å². The Balaban J connectivity index is 1.36. The smallest absolute Gasteiger partial charge is 0.143 e. The van der Waals surface area contributed by atoms with Crippen LogP contribution in [-0.2, 0) is 0 Å². The normalized spacial score (nSPS) is 25.7. The van der Waals surface area contributed by atoms with Crippen molar-refractivity contribution in [3.8, 4) is 11.8 Å². The standard InChI is InChI=1S/C28H30ClF/c1-2-3-4-21-9-13-26-19-25(15-14-24(26)17-21)23-11-7-20(8-12-23)5-6-22-10-16-27(29)28(30)18-22/h2,7-8,10-12,16,18,21,24-26H,1,3-4,9,13-15,17,19H2. The van der Waals surface area contributed by atoms with E-state index in [4.69, 9.17) is 11.6 Å². The molecule has 0 amide bonds. The Kier molecular flexibility index (Phi) is 6.96. The minimum Gasteiger partial charge on any atom is -0.205 e. The molecule has 2 aromatic rings. The Bertz CT molecular complexity index is 933. The summed E-state index contributed by atoms with van der Waals surface area (Å²) in [7, 11) is 0. The van der Waals surface area contributed by atoms with Crippen LogP contribution in [0.25, 0.3) is 0 Å². The summed E-state index contributed by atoms with van der Waals surface area (Å²) in [5, 5.41) is 0.130. The van der Waals surface area contributed by atoms with Crippen LogP contribution in [0.2, 0.25) is 5.02 Å². The first-order chi connectivity index (χ1) is 14.6. The van der Waals surface area contributed by atoms with E-state index in [0.29, 0.717) is 11.5 Å². The molecule has 0 bridgehead atoms. The molecule has 0 saturated heterocycles. The van der Waals surface area contributed by atoms with Gasteiger partial charge in [-0.05, 0) is 105 Å². The molecule has 0 radical (unpaired) electrons. The van der Waals surface area contributed by atoms with E-state index in [2.05, 4.69) is 48.8 Å². The van der Waals surface area contributed by atoms with Gasteiger partial charge in [0.1, 0.15) is 5.82 Å². The van der Waals surface area contributed by atoms with Crippen molar-refractivity contribution in [2.45, 2.75) is 57.3 Å². The number of rotatable bonds is 4. The molecule has 4 atom stereocenters. The highest BCUT2D eigenvalue weighted by Crippen LogP contribution is 2.48. The third-order valence-electron chi connectivity index (χ3n) is 7.15. The second-order valence-electron chi connectivity index (χ2n) is 9.08. The van der Waals surface area contributed by atoms with Crippen LogP contribution in [0.4, 0.5) is 4.39 Å². The molecule has 0 heterocycles. The van der Waals surface area contributed by atoms with Crippen LogP contribution in [0.1, 0.15) is 74.0 Å². The lowest BCUT2D eigenvalue weighted by Gasteiger charge is -2.42. The topological polar surface area (TPSA) is 0 Å². The maximum Gasteiger partial charge on any atom is 0.143 e. The van der Waals surface area contributed by atoms with E-state index in [1.54, 1.807) is 12.1 Å². The Morgan fingerprint density at radius 1 is 0.933 bits per heavy atom. The van der Waals surface area contributed by atoms with E-state index >= 15 is 0 Å². The number of allylic oxidation sites excluding steroid dienone is 1. The predicted molar refractivity (Wildman–Crippen MR) is 124 cm³/mol. The molecule has 2 fully saturated rings. The van der Waals surface area contributed by atoms with Gasteiger partial charge in [-0.25, -0.2) is 4.39 Å². The summed E-state index contributed by atoms with van der Waals surface area (Å²) in [6.07, 6.45) is 12.9. The minimum absolute atomic E-state index is 0.130. The molecule has 0 N–H and O–H groups in total. The third-order valence-corrected chi connectivity index (χ3v) is 7.46. The fourth-order valence-corrected chi connectivity index (χ4v) is 5.58. The van der Waals surface area contributed by atoms with E-state index in [1.165, 1.54) is 63.0 Å². The van der Waals surface area contributed by atoms with Gasteiger partial charge in [0, 0.05) is 11.1 Å². The van der Waals surface area contributed by atoms with Crippen LogP contribution in [0.5, 0.6) is 0 Å². The molecule has 30 heavy (non-hydrogen) atoms. The fraction of sp³-hybridized carbons (Fsp3) is 0.429. The molecule has 0 spiro atoms. The molecule has 4 rings (SSSR count). The van der Waals surface area contributed by atoms with Gasteiger partial charge in [-0.15, -0.1) is 6.58 Å². The third kappa shape index (κ3) is 5.16. The van der Waals surface area contributed by atoms with Gasteiger partial charge >= 0.3 is 0 Å². The first-order valence-electron chi connectivity index (χ1n) is 11.3. The van der Waals surface area contributed by atoms with E-state index < -0.39 is 5.82 Å². The minimum atomic E-state index is -0.427. The van der Waals surface area contributed by atoms with Crippen LogP contribution >= 0.6 is 11.6 Å². The molecular weight excluding hydrogens is 391 g/mol. The highest BCUT2D eigenvalue weighted by Gasteiger charge is 2.35. The van der Waals surface area contributed by atoms with Gasteiger partial charge in [-0.1, -0.05) is 48.1 Å². The summed E-state index contributed by atoms with van der Waals surface area (Å²) < 4.78 is 13.6. The summed E-state index contributed by atoms with van der Waals surface area (Å²) in [6.45, 7) is 3.88. The average molecular weight is 421 g/mol. The second-order valence-corrected chi connectivity index (χ2v) is 9.48. The van der Waals surface area contributed by atoms with Crippen LogP contribution in [0.3, 0.4) is 0 Å². The van der Waals surface area contributed by atoms with Crippen molar-refractivity contribution in [3.05, 3.63) is 82.6 Å². The molecule has 2 aromatic carbocycles. The summed E-state index contributed by atoms with van der Waals surface area (Å²) >= 11 is 5.73. The monoisotopic (exact) mass is 420 g/mol. The molecule has 0 nitrogen and oxygen atoms in total. The lowest BCUT2D eigenvalue weighted by molar-refractivity contribution is 0.115. The van der Waals surface area contributed by atoms with Crippen LogP contribution in [0.15, 0.2) is 55.1 Å². The summed E-state index contributed by atoms with van der Waals surface area (Å²) in [5.41, 5.74) is 3.05. The second kappa shape index (κ2) is 9.84. The molecule has 4 unspecified atom stereocenters. The van der Waals surface area contributed by atoms with Gasteiger partial charge < -0.3 is 0 Å². The molecule has 2 heteroatoms. The summed E-state index contributed by atoms with van der Waals surface area (Å²) in [5.74, 6) is 9.19. The summed E-state index contributed by atoms with van der Waals surface area (Å²) in [6, 6.07) is 13.4. The number of hydrogen-bond acceptors (Lipinski definition) is 0. The van der Waals surface area contributed by atoms with Crippen LogP contribution < -0.4 is 0 Å². The van der Waals surface area contributed by atoms with Gasteiger partial charge in [0.2, 0.25) is 0 Å². The first kappa shape index (κ1) is 21.2. The predicted octanol–water partition coefficient (Wildman–Crippen LogP) is 8.15. The van der Waals surface area contributed by atoms with Crippen molar-refractivity contribution in [2.24, 2.45) is 17.8 Å². The zero-order chi connectivity index (χ0) is 20.9. The molecule has 2 saturated carbocycles. The van der Waals surface area contributed by atoms with Crippen LogP contribution in [0, 0.1) is 35.4 Å². The molecule has 2 aliphatic carbocycles. The van der Waals surface area contributed by atoms with Crippen molar-refractivity contribution < 1.29 is 4.39 Å². The van der Waals surface area contributed by atoms with E-state index in [0.717, 1.165) is 23.3 Å².